The highest BCUT2D eigenvalue weighted by Gasteiger charge is 2.13. The molecule has 108 valence electrons. The van der Waals surface area contributed by atoms with Gasteiger partial charge in [0.2, 0.25) is 0 Å². The van der Waals surface area contributed by atoms with Gasteiger partial charge < -0.3 is 4.74 Å². The van der Waals surface area contributed by atoms with Crippen LogP contribution in [-0.4, -0.2) is 7.11 Å². The van der Waals surface area contributed by atoms with E-state index in [1.165, 1.54) is 33.0 Å². The van der Waals surface area contributed by atoms with Crippen LogP contribution in [0.5, 0.6) is 5.75 Å². The predicted octanol–water partition coefficient (Wildman–Crippen LogP) is 5.23. The molecule has 0 spiro atoms. The lowest BCUT2D eigenvalue weighted by Crippen LogP contribution is -2.00. The van der Waals surface area contributed by atoms with Crippen LogP contribution in [0.4, 0.5) is 0 Å². The van der Waals surface area contributed by atoms with Crippen molar-refractivity contribution < 1.29 is 4.74 Å². The second-order valence-electron chi connectivity index (χ2n) is 5.74. The molecule has 1 nitrogen and oxygen atoms in total. The van der Waals surface area contributed by atoms with E-state index in [4.69, 9.17) is 4.74 Å². The van der Waals surface area contributed by atoms with E-state index in [1.807, 2.05) is 6.07 Å². The zero-order valence-electron chi connectivity index (χ0n) is 12.7. The van der Waals surface area contributed by atoms with Crippen LogP contribution >= 0.6 is 0 Å². The van der Waals surface area contributed by atoms with Crippen LogP contribution in [0, 0.1) is 0 Å². The summed E-state index contributed by atoms with van der Waals surface area (Å²) in [6.07, 6.45) is 4.63. The summed E-state index contributed by atoms with van der Waals surface area (Å²) in [6.45, 7) is 0. The van der Waals surface area contributed by atoms with Crippen LogP contribution in [0.15, 0.2) is 66.7 Å². The van der Waals surface area contributed by atoms with E-state index in [1.54, 1.807) is 7.11 Å². The number of methoxy groups -OCH3 is 1. The van der Waals surface area contributed by atoms with E-state index in [9.17, 15) is 0 Å². The summed E-state index contributed by atoms with van der Waals surface area (Å²) in [7, 11) is 1.71. The maximum Gasteiger partial charge on any atom is 0.119 e. The monoisotopic (exact) mass is 286 g/mol. The quantitative estimate of drug-likeness (QED) is 0.627. The Morgan fingerprint density at radius 3 is 2.59 bits per heavy atom. The van der Waals surface area contributed by atoms with Crippen LogP contribution in [0.3, 0.4) is 0 Å². The van der Waals surface area contributed by atoms with Gasteiger partial charge in [-0.1, -0.05) is 48.5 Å². The molecule has 22 heavy (non-hydrogen) atoms. The number of ether oxygens (including phenoxy) is 1. The van der Waals surface area contributed by atoms with E-state index < -0.39 is 0 Å². The van der Waals surface area contributed by atoms with E-state index in [0.717, 1.165) is 18.6 Å². The maximum absolute atomic E-state index is 5.30. The fourth-order valence-electron chi connectivity index (χ4n) is 3.27. The van der Waals surface area contributed by atoms with Crippen LogP contribution in [0.25, 0.3) is 16.3 Å². The standard InChI is InChI=1S/C21H18O/c1-22-19-12-11-16-13-18(10-9-17(16)14-19)21-8-4-6-15-5-2-3-7-20(15)21/h2-3,5,7-14H,4,6H2,1H3. The third-order valence-electron chi connectivity index (χ3n) is 4.43. The van der Waals surface area contributed by atoms with Gasteiger partial charge in [-0.25, -0.2) is 0 Å². The molecule has 4 rings (SSSR count). The molecule has 0 radical (unpaired) electrons. The smallest absolute Gasteiger partial charge is 0.119 e. The Balaban J connectivity index is 1.83. The Kier molecular flexibility index (Phi) is 3.19. The molecule has 0 aromatic heterocycles. The molecule has 0 fully saturated rings. The number of hydrogen-bond donors (Lipinski definition) is 0. The van der Waals surface area contributed by atoms with Crippen molar-refractivity contribution in [2.45, 2.75) is 12.8 Å². The summed E-state index contributed by atoms with van der Waals surface area (Å²) in [5, 5.41) is 2.47. The number of hydrogen-bond acceptors (Lipinski definition) is 1. The zero-order chi connectivity index (χ0) is 14.9. The predicted molar refractivity (Wildman–Crippen MR) is 92.3 cm³/mol. The van der Waals surface area contributed by atoms with Crippen molar-refractivity contribution in [2.24, 2.45) is 0 Å². The lowest BCUT2D eigenvalue weighted by atomic mass is 9.86. The number of allylic oxidation sites excluding steroid dienone is 1. The molecule has 1 aliphatic rings. The second-order valence-corrected chi connectivity index (χ2v) is 5.74. The molecule has 0 saturated carbocycles. The summed E-state index contributed by atoms with van der Waals surface area (Å²) in [6, 6.07) is 21.7. The number of aryl methyl sites for hydroxylation is 1. The highest BCUT2D eigenvalue weighted by molar-refractivity contribution is 5.91. The van der Waals surface area contributed by atoms with Crippen molar-refractivity contribution in [1.29, 1.82) is 0 Å². The fraction of sp³-hybridized carbons (Fsp3) is 0.143. The normalized spacial score (nSPS) is 13.6. The molecular formula is C21H18O. The molecule has 0 atom stereocenters. The van der Waals surface area contributed by atoms with Crippen molar-refractivity contribution in [2.75, 3.05) is 7.11 Å². The highest BCUT2D eigenvalue weighted by Crippen LogP contribution is 2.33. The second kappa shape index (κ2) is 5.34. The van der Waals surface area contributed by atoms with Gasteiger partial charge >= 0.3 is 0 Å². The first kappa shape index (κ1) is 13.1. The first-order chi connectivity index (χ1) is 10.8. The number of rotatable bonds is 2. The molecule has 0 heterocycles. The van der Waals surface area contributed by atoms with Crippen molar-refractivity contribution in [3.8, 4) is 5.75 Å². The van der Waals surface area contributed by atoms with Crippen molar-refractivity contribution in [3.63, 3.8) is 0 Å². The van der Waals surface area contributed by atoms with Crippen molar-refractivity contribution in [1.82, 2.24) is 0 Å². The molecule has 0 saturated heterocycles. The maximum atomic E-state index is 5.30. The van der Waals surface area contributed by atoms with Gasteiger partial charge in [0.25, 0.3) is 0 Å². The molecule has 0 bridgehead atoms. The molecule has 1 aliphatic carbocycles. The third-order valence-corrected chi connectivity index (χ3v) is 4.43. The van der Waals surface area contributed by atoms with Crippen LogP contribution in [-0.2, 0) is 6.42 Å². The number of fused-ring (bicyclic) bond motifs is 2. The van der Waals surface area contributed by atoms with Gasteiger partial charge in [-0.3, -0.25) is 0 Å². The average molecular weight is 286 g/mol. The molecule has 3 aromatic rings. The van der Waals surface area contributed by atoms with Crippen LogP contribution in [0.2, 0.25) is 0 Å². The Bertz CT molecular complexity index is 874. The first-order valence-electron chi connectivity index (χ1n) is 7.72. The molecule has 1 heteroatoms. The summed E-state index contributed by atoms with van der Waals surface area (Å²) >= 11 is 0. The Hall–Kier alpha value is -2.54. The van der Waals surface area contributed by atoms with Crippen LogP contribution < -0.4 is 4.74 Å². The van der Waals surface area contributed by atoms with Gasteiger partial charge in [-0.2, -0.15) is 0 Å². The van der Waals surface area contributed by atoms with Gasteiger partial charge in [-0.05, 0) is 64.1 Å². The lowest BCUT2D eigenvalue weighted by Gasteiger charge is -2.18. The van der Waals surface area contributed by atoms with E-state index in [-0.39, 0.29) is 0 Å². The first-order valence-corrected chi connectivity index (χ1v) is 7.72. The largest absolute Gasteiger partial charge is 0.497 e. The van der Waals surface area contributed by atoms with Gasteiger partial charge in [0.15, 0.2) is 0 Å². The number of benzene rings is 3. The minimum atomic E-state index is 0.905. The van der Waals surface area contributed by atoms with E-state index in [0.29, 0.717) is 0 Å². The minimum Gasteiger partial charge on any atom is -0.497 e. The van der Waals surface area contributed by atoms with E-state index >= 15 is 0 Å². The zero-order valence-corrected chi connectivity index (χ0v) is 12.7. The molecule has 0 unspecified atom stereocenters. The van der Waals surface area contributed by atoms with Crippen molar-refractivity contribution >= 4 is 16.3 Å². The Morgan fingerprint density at radius 2 is 1.68 bits per heavy atom. The van der Waals surface area contributed by atoms with Gasteiger partial charge in [0, 0.05) is 0 Å². The van der Waals surface area contributed by atoms with Crippen LogP contribution in [0.1, 0.15) is 23.1 Å². The van der Waals surface area contributed by atoms with Gasteiger partial charge in [-0.15, -0.1) is 0 Å². The van der Waals surface area contributed by atoms with Crippen molar-refractivity contribution in [3.05, 3.63) is 83.4 Å². The molecule has 3 aromatic carbocycles. The minimum absolute atomic E-state index is 0.905. The topological polar surface area (TPSA) is 9.23 Å². The third kappa shape index (κ3) is 2.19. The van der Waals surface area contributed by atoms with Gasteiger partial charge in [0.05, 0.1) is 7.11 Å². The van der Waals surface area contributed by atoms with Gasteiger partial charge in [0.1, 0.15) is 5.75 Å². The summed E-state index contributed by atoms with van der Waals surface area (Å²) in [5.41, 5.74) is 5.49. The molecule has 0 aliphatic heterocycles. The van der Waals surface area contributed by atoms with E-state index in [2.05, 4.69) is 60.7 Å². The average Bonchev–Trinajstić information content (AvgIpc) is 2.60. The highest BCUT2D eigenvalue weighted by atomic mass is 16.5. The molecule has 0 N–H and O–H groups in total. The summed E-state index contributed by atoms with van der Waals surface area (Å²) < 4.78 is 5.30. The molecule has 0 amide bonds. The lowest BCUT2D eigenvalue weighted by molar-refractivity contribution is 0.415. The summed E-state index contributed by atoms with van der Waals surface area (Å²) in [5.74, 6) is 0.905. The fourth-order valence-corrected chi connectivity index (χ4v) is 3.27. The molecular weight excluding hydrogens is 268 g/mol. The summed E-state index contributed by atoms with van der Waals surface area (Å²) in [4.78, 5) is 0. The Labute approximate surface area is 130 Å². The Morgan fingerprint density at radius 1 is 0.864 bits per heavy atom. The SMILES string of the molecule is COc1ccc2cc(C3=CCCc4ccccc43)ccc2c1.